The van der Waals surface area contributed by atoms with Crippen LogP contribution in [0.3, 0.4) is 0 Å². The Morgan fingerprint density at radius 2 is 2.15 bits per heavy atom. The number of hydrogen-bond acceptors (Lipinski definition) is 3. The predicted molar refractivity (Wildman–Crippen MR) is 83.0 cm³/mol. The zero-order chi connectivity index (χ0) is 14.8. The number of hydrogen-bond donors (Lipinski definition) is 1. The van der Waals surface area contributed by atoms with Crippen LogP contribution in [0.5, 0.6) is 0 Å². The topological polar surface area (TPSA) is 66.6 Å². The summed E-state index contributed by atoms with van der Waals surface area (Å²) in [7, 11) is -1.81. The van der Waals surface area contributed by atoms with E-state index in [1.165, 1.54) is 8.61 Å². The van der Waals surface area contributed by atoms with Gasteiger partial charge in [0.25, 0.3) is 0 Å². The Kier molecular flexibility index (Phi) is 4.55. The highest BCUT2D eigenvalue weighted by Gasteiger charge is 2.31. The van der Waals surface area contributed by atoms with Gasteiger partial charge in [0.1, 0.15) is 0 Å². The third-order valence-corrected chi connectivity index (χ3v) is 5.65. The van der Waals surface area contributed by atoms with Gasteiger partial charge in [0, 0.05) is 25.8 Å². The molecule has 0 aliphatic carbocycles. The predicted octanol–water partition coefficient (Wildman–Crippen LogP) is 2.00. The second-order valence-electron chi connectivity index (χ2n) is 5.20. The Labute approximate surface area is 121 Å². The number of nitrogen functional groups attached to an aromatic ring is 1. The van der Waals surface area contributed by atoms with Gasteiger partial charge in [-0.25, -0.2) is 0 Å². The number of benzene rings is 1. The zero-order valence-electron chi connectivity index (χ0n) is 12.2. The van der Waals surface area contributed by atoms with Gasteiger partial charge in [0.15, 0.2) is 0 Å². The maximum atomic E-state index is 12.7. The molecule has 0 saturated carbocycles. The van der Waals surface area contributed by atoms with E-state index in [2.05, 4.69) is 6.92 Å². The quantitative estimate of drug-likeness (QED) is 0.845. The summed E-state index contributed by atoms with van der Waals surface area (Å²) in [5.74, 6) is 0. The molecule has 0 aromatic heterocycles. The van der Waals surface area contributed by atoms with Crippen molar-refractivity contribution in [2.24, 2.45) is 0 Å². The summed E-state index contributed by atoms with van der Waals surface area (Å²) >= 11 is 0. The first-order valence-corrected chi connectivity index (χ1v) is 8.49. The van der Waals surface area contributed by atoms with Crippen LogP contribution >= 0.6 is 0 Å². The van der Waals surface area contributed by atoms with Crippen molar-refractivity contribution in [2.45, 2.75) is 32.6 Å². The standard InChI is InChI=1S/C14H23N3O2S/c1-3-4-10-16(2)20(18,19)17-11-6-7-12-13(15)8-5-9-14(12)17/h5,8-9H,3-4,6-7,10-11,15H2,1-2H3. The average Bonchev–Trinajstić information content (AvgIpc) is 2.44. The highest BCUT2D eigenvalue weighted by atomic mass is 32.2. The van der Waals surface area contributed by atoms with Crippen molar-refractivity contribution < 1.29 is 8.42 Å². The molecule has 112 valence electrons. The summed E-state index contributed by atoms with van der Waals surface area (Å²) < 4.78 is 28.3. The molecule has 0 fully saturated rings. The highest BCUT2D eigenvalue weighted by molar-refractivity contribution is 7.90. The molecule has 0 saturated heterocycles. The Balaban J connectivity index is 2.33. The van der Waals surface area contributed by atoms with Gasteiger partial charge in [-0.1, -0.05) is 19.4 Å². The molecule has 1 aliphatic rings. The molecule has 0 atom stereocenters. The summed E-state index contributed by atoms with van der Waals surface area (Å²) in [6.45, 7) is 3.12. The first-order valence-electron chi connectivity index (χ1n) is 7.10. The maximum Gasteiger partial charge on any atom is 0.303 e. The van der Waals surface area contributed by atoms with Crippen molar-refractivity contribution in [2.75, 3.05) is 30.2 Å². The molecule has 0 amide bonds. The molecular formula is C14H23N3O2S. The lowest BCUT2D eigenvalue weighted by atomic mass is 10.0. The molecule has 2 rings (SSSR count). The lowest BCUT2D eigenvalue weighted by Gasteiger charge is -2.34. The van der Waals surface area contributed by atoms with Gasteiger partial charge in [0.2, 0.25) is 0 Å². The van der Waals surface area contributed by atoms with Crippen molar-refractivity contribution in [3.8, 4) is 0 Å². The van der Waals surface area contributed by atoms with E-state index in [1.54, 1.807) is 7.05 Å². The third kappa shape index (κ3) is 2.76. The monoisotopic (exact) mass is 297 g/mol. The van der Waals surface area contributed by atoms with E-state index in [9.17, 15) is 8.42 Å². The van der Waals surface area contributed by atoms with Gasteiger partial charge < -0.3 is 5.73 Å². The fourth-order valence-corrected chi connectivity index (χ4v) is 4.00. The van der Waals surface area contributed by atoms with Crippen LogP contribution in [0.4, 0.5) is 11.4 Å². The molecule has 1 aromatic rings. The Morgan fingerprint density at radius 1 is 1.40 bits per heavy atom. The molecule has 1 heterocycles. The van der Waals surface area contributed by atoms with Crippen LogP contribution in [0.2, 0.25) is 0 Å². The molecule has 6 heteroatoms. The van der Waals surface area contributed by atoms with E-state index in [0.717, 1.165) is 36.9 Å². The summed E-state index contributed by atoms with van der Waals surface area (Å²) in [5.41, 5.74) is 8.33. The lowest BCUT2D eigenvalue weighted by Crippen LogP contribution is -2.44. The Morgan fingerprint density at radius 3 is 2.85 bits per heavy atom. The van der Waals surface area contributed by atoms with E-state index < -0.39 is 10.2 Å². The minimum absolute atomic E-state index is 0.523. The number of nitrogens with zero attached hydrogens (tertiary/aromatic N) is 2. The van der Waals surface area contributed by atoms with Crippen molar-refractivity contribution in [3.05, 3.63) is 23.8 Å². The largest absolute Gasteiger partial charge is 0.398 e. The van der Waals surface area contributed by atoms with Crippen LogP contribution in [0.1, 0.15) is 31.7 Å². The number of fused-ring (bicyclic) bond motifs is 1. The molecule has 0 bridgehead atoms. The minimum Gasteiger partial charge on any atom is -0.398 e. The van der Waals surface area contributed by atoms with Crippen molar-refractivity contribution >= 4 is 21.6 Å². The second-order valence-corrected chi connectivity index (χ2v) is 7.16. The zero-order valence-corrected chi connectivity index (χ0v) is 13.0. The van der Waals surface area contributed by atoms with E-state index in [1.807, 2.05) is 18.2 Å². The van der Waals surface area contributed by atoms with Crippen LogP contribution in [-0.4, -0.2) is 32.9 Å². The summed E-state index contributed by atoms with van der Waals surface area (Å²) in [5, 5.41) is 0. The molecule has 0 radical (unpaired) electrons. The van der Waals surface area contributed by atoms with Crippen LogP contribution in [0.15, 0.2) is 18.2 Å². The van der Waals surface area contributed by atoms with Crippen molar-refractivity contribution in [1.82, 2.24) is 4.31 Å². The molecule has 2 N–H and O–H groups in total. The molecule has 0 unspecified atom stereocenters. The smallest absolute Gasteiger partial charge is 0.303 e. The first kappa shape index (κ1) is 15.1. The Bertz CT molecular complexity index is 572. The van der Waals surface area contributed by atoms with Crippen LogP contribution in [-0.2, 0) is 16.6 Å². The van der Waals surface area contributed by atoms with Gasteiger partial charge in [-0.3, -0.25) is 4.31 Å². The van der Waals surface area contributed by atoms with Crippen LogP contribution < -0.4 is 10.0 Å². The average molecular weight is 297 g/mol. The normalized spacial score (nSPS) is 15.4. The van der Waals surface area contributed by atoms with Crippen LogP contribution in [0.25, 0.3) is 0 Å². The number of anilines is 2. The Hall–Kier alpha value is -1.27. The molecule has 1 aliphatic heterocycles. The second kappa shape index (κ2) is 6.01. The number of unbranched alkanes of at least 4 members (excludes halogenated alkanes) is 1. The maximum absolute atomic E-state index is 12.7. The van der Waals surface area contributed by atoms with Gasteiger partial charge in [-0.15, -0.1) is 0 Å². The third-order valence-electron chi connectivity index (χ3n) is 3.74. The van der Waals surface area contributed by atoms with Gasteiger partial charge >= 0.3 is 10.2 Å². The van der Waals surface area contributed by atoms with Gasteiger partial charge in [0.05, 0.1) is 5.69 Å². The number of nitrogens with two attached hydrogens (primary N) is 1. The van der Waals surface area contributed by atoms with Crippen molar-refractivity contribution in [3.63, 3.8) is 0 Å². The van der Waals surface area contributed by atoms with Crippen LogP contribution in [0, 0.1) is 0 Å². The molecule has 1 aromatic carbocycles. The SMILES string of the molecule is CCCCN(C)S(=O)(=O)N1CCCc2c(N)cccc21. The molecule has 5 nitrogen and oxygen atoms in total. The first-order chi connectivity index (χ1) is 9.48. The highest BCUT2D eigenvalue weighted by Crippen LogP contribution is 2.33. The fourth-order valence-electron chi connectivity index (χ4n) is 2.52. The van der Waals surface area contributed by atoms with Crippen molar-refractivity contribution in [1.29, 1.82) is 0 Å². The van der Waals surface area contributed by atoms with E-state index in [-0.39, 0.29) is 0 Å². The fraction of sp³-hybridized carbons (Fsp3) is 0.571. The van der Waals surface area contributed by atoms with Gasteiger partial charge in [-0.05, 0) is 37.0 Å². The molecule has 20 heavy (non-hydrogen) atoms. The summed E-state index contributed by atoms with van der Waals surface area (Å²) in [6, 6.07) is 5.49. The van der Waals surface area contributed by atoms with E-state index in [4.69, 9.17) is 5.73 Å². The lowest BCUT2D eigenvalue weighted by molar-refractivity contribution is 0.454. The van der Waals surface area contributed by atoms with E-state index in [0.29, 0.717) is 18.8 Å². The van der Waals surface area contributed by atoms with Gasteiger partial charge in [-0.2, -0.15) is 12.7 Å². The summed E-state index contributed by atoms with van der Waals surface area (Å²) in [4.78, 5) is 0. The minimum atomic E-state index is -3.45. The molecule has 0 spiro atoms. The number of rotatable bonds is 5. The van der Waals surface area contributed by atoms with E-state index >= 15 is 0 Å². The molecular weight excluding hydrogens is 274 g/mol. The summed E-state index contributed by atoms with van der Waals surface area (Å²) in [6.07, 6.45) is 3.49.